The van der Waals surface area contributed by atoms with Gasteiger partial charge in [-0.15, -0.1) is 0 Å². The van der Waals surface area contributed by atoms with Crippen molar-refractivity contribution in [3.8, 4) is 11.5 Å². The van der Waals surface area contributed by atoms with Gasteiger partial charge in [0.05, 0.1) is 26.3 Å². The molecule has 2 rings (SSSR count). The summed E-state index contributed by atoms with van der Waals surface area (Å²) in [4.78, 5) is 15.6. The highest BCUT2D eigenvalue weighted by molar-refractivity contribution is 5.93. The molecule has 0 bridgehead atoms. The van der Waals surface area contributed by atoms with Gasteiger partial charge in [0.2, 0.25) is 0 Å². The largest absolute Gasteiger partial charge is 0.493 e. The van der Waals surface area contributed by atoms with Gasteiger partial charge in [-0.3, -0.25) is 9.78 Å². The van der Waals surface area contributed by atoms with E-state index >= 15 is 0 Å². The van der Waals surface area contributed by atoms with Crippen molar-refractivity contribution in [3.63, 3.8) is 0 Å². The normalized spacial score (nSPS) is 11.5. The third kappa shape index (κ3) is 2.98. The molecule has 0 amide bonds. The summed E-state index contributed by atoms with van der Waals surface area (Å²) < 4.78 is 10.7. The number of carboxylic acid groups (broad SMARTS) is 1. The van der Waals surface area contributed by atoms with Crippen molar-refractivity contribution >= 4 is 16.7 Å². The smallest absolute Gasteiger partial charge is 0.307 e. The van der Waals surface area contributed by atoms with E-state index in [-0.39, 0.29) is 11.8 Å². The first-order valence-corrected chi connectivity index (χ1v) is 7.03. The fraction of sp³-hybridized carbons (Fsp3) is 0.412. The Hall–Kier alpha value is -2.30. The number of aromatic nitrogens is 1. The van der Waals surface area contributed by atoms with Crippen LogP contribution in [0.2, 0.25) is 0 Å². The van der Waals surface area contributed by atoms with Gasteiger partial charge in [0, 0.05) is 17.0 Å². The van der Waals surface area contributed by atoms with Crippen LogP contribution in [-0.2, 0) is 16.6 Å². The van der Waals surface area contributed by atoms with E-state index < -0.39 is 5.97 Å². The number of carbonyl (C=O) groups is 1. The van der Waals surface area contributed by atoms with E-state index in [1.54, 1.807) is 20.4 Å². The average Bonchev–Trinajstić information content (AvgIpc) is 2.44. The highest BCUT2D eigenvalue weighted by Gasteiger charge is 2.22. The lowest BCUT2D eigenvalue weighted by atomic mass is 9.87. The summed E-state index contributed by atoms with van der Waals surface area (Å²) in [5.41, 5.74) is 1.40. The fourth-order valence-electron chi connectivity index (χ4n) is 2.52. The molecular formula is C17H21NO4. The van der Waals surface area contributed by atoms with Gasteiger partial charge >= 0.3 is 5.97 Å². The topological polar surface area (TPSA) is 68.7 Å². The maximum Gasteiger partial charge on any atom is 0.307 e. The summed E-state index contributed by atoms with van der Waals surface area (Å²) in [6.45, 7) is 6.22. The Morgan fingerprint density at radius 3 is 2.14 bits per heavy atom. The number of methoxy groups -OCH3 is 2. The molecule has 0 aliphatic rings. The van der Waals surface area contributed by atoms with Gasteiger partial charge in [0.25, 0.3) is 0 Å². The number of hydrogen-bond donors (Lipinski definition) is 1. The van der Waals surface area contributed by atoms with E-state index in [0.29, 0.717) is 17.1 Å². The third-order valence-electron chi connectivity index (χ3n) is 3.53. The predicted octanol–water partition coefficient (Wildman–Crippen LogP) is 3.18. The van der Waals surface area contributed by atoms with Crippen LogP contribution in [0.3, 0.4) is 0 Å². The van der Waals surface area contributed by atoms with E-state index in [4.69, 9.17) is 14.6 Å². The van der Waals surface area contributed by atoms with Crippen LogP contribution in [0.15, 0.2) is 18.3 Å². The van der Waals surface area contributed by atoms with Gasteiger partial charge in [0.1, 0.15) is 0 Å². The number of aliphatic carboxylic acids is 1. The summed E-state index contributed by atoms with van der Waals surface area (Å²) in [5.74, 6) is 0.295. The fourth-order valence-corrected chi connectivity index (χ4v) is 2.52. The van der Waals surface area contributed by atoms with Crippen LogP contribution >= 0.6 is 0 Å². The standard InChI is InChI=1S/C17H21NO4/c1-17(2,3)16-12-8-14(22-5)13(21-4)7-11(12)10(9-18-16)6-15(19)20/h7-9H,6H2,1-5H3,(H,19,20). The zero-order chi connectivity index (χ0) is 16.5. The minimum Gasteiger partial charge on any atom is -0.493 e. The minimum atomic E-state index is -0.888. The first-order valence-electron chi connectivity index (χ1n) is 7.03. The Morgan fingerprint density at radius 2 is 1.68 bits per heavy atom. The van der Waals surface area contributed by atoms with Crippen molar-refractivity contribution in [2.45, 2.75) is 32.6 Å². The van der Waals surface area contributed by atoms with Crippen LogP contribution in [0, 0.1) is 0 Å². The van der Waals surface area contributed by atoms with Crippen LogP contribution in [0.25, 0.3) is 10.8 Å². The minimum absolute atomic E-state index is 0.0800. The van der Waals surface area contributed by atoms with Gasteiger partial charge < -0.3 is 14.6 Å². The molecule has 5 heteroatoms. The molecule has 1 aromatic heterocycles. The van der Waals surface area contributed by atoms with Crippen molar-refractivity contribution in [2.75, 3.05) is 14.2 Å². The molecule has 118 valence electrons. The number of rotatable bonds is 4. The lowest BCUT2D eigenvalue weighted by Crippen LogP contribution is -2.15. The van der Waals surface area contributed by atoms with E-state index in [1.165, 1.54) is 0 Å². The lowest BCUT2D eigenvalue weighted by molar-refractivity contribution is -0.136. The molecule has 1 heterocycles. The molecular weight excluding hydrogens is 282 g/mol. The molecule has 1 aromatic carbocycles. The maximum absolute atomic E-state index is 11.1. The molecule has 2 aromatic rings. The predicted molar refractivity (Wildman–Crippen MR) is 84.9 cm³/mol. The molecule has 5 nitrogen and oxygen atoms in total. The number of fused-ring (bicyclic) bond motifs is 1. The molecule has 0 atom stereocenters. The molecule has 22 heavy (non-hydrogen) atoms. The van der Waals surface area contributed by atoms with E-state index in [9.17, 15) is 4.79 Å². The lowest BCUT2D eigenvalue weighted by Gasteiger charge is -2.22. The second-order valence-electron chi connectivity index (χ2n) is 6.21. The summed E-state index contributed by atoms with van der Waals surface area (Å²) in [7, 11) is 3.14. The number of ether oxygens (including phenoxy) is 2. The highest BCUT2D eigenvalue weighted by atomic mass is 16.5. The molecule has 0 spiro atoms. The number of carboxylic acids is 1. The Balaban J connectivity index is 2.83. The van der Waals surface area contributed by atoms with E-state index in [0.717, 1.165) is 16.5 Å². The molecule has 0 saturated carbocycles. The number of benzene rings is 1. The van der Waals surface area contributed by atoms with Crippen LogP contribution in [0.5, 0.6) is 11.5 Å². The molecule has 0 unspecified atom stereocenters. The van der Waals surface area contributed by atoms with Crippen LogP contribution in [0.4, 0.5) is 0 Å². The van der Waals surface area contributed by atoms with Gasteiger partial charge in [-0.1, -0.05) is 20.8 Å². The van der Waals surface area contributed by atoms with Gasteiger partial charge in [-0.2, -0.15) is 0 Å². The molecule has 0 fully saturated rings. The van der Waals surface area contributed by atoms with Crippen molar-refractivity contribution in [2.24, 2.45) is 0 Å². The van der Waals surface area contributed by atoms with Crippen molar-refractivity contribution in [1.29, 1.82) is 0 Å². The first kappa shape index (κ1) is 16.1. The molecule has 1 N–H and O–H groups in total. The summed E-state index contributed by atoms with van der Waals surface area (Å²) in [6.07, 6.45) is 1.56. The van der Waals surface area contributed by atoms with Crippen molar-refractivity contribution in [3.05, 3.63) is 29.6 Å². The molecule has 0 aliphatic heterocycles. The van der Waals surface area contributed by atoms with Crippen molar-refractivity contribution in [1.82, 2.24) is 4.98 Å². The SMILES string of the molecule is COc1cc2c(CC(=O)O)cnc(C(C)(C)C)c2cc1OC. The zero-order valence-corrected chi connectivity index (χ0v) is 13.6. The zero-order valence-electron chi connectivity index (χ0n) is 13.6. The van der Waals surface area contributed by atoms with Gasteiger partial charge in [0.15, 0.2) is 11.5 Å². The van der Waals surface area contributed by atoms with Gasteiger partial charge in [-0.25, -0.2) is 0 Å². The number of pyridine rings is 1. The number of nitrogens with zero attached hydrogens (tertiary/aromatic N) is 1. The van der Waals surface area contributed by atoms with Crippen molar-refractivity contribution < 1.29 is 19.4 Å². The van der Waals surface area contributed by atoms with Gasteiger partial charge in [-0.05, 0) is 23.1 Å². The summed E-state index contributed by atoms with van der Waals surface area (Å²) >= 11 is 0. The Morgan fingerprint density at radius 1 is 1.14 bits per heavy atom. The maximum atomic E-state index is 11.1. The molecule has 0 aliphatic carbocycles. The second kappa shape index (κ2) is 5.83. The first-order chi connectivity index (χ1) is 10.3. The number of hydrogen-bond acceptors (Lipinski definition) is 4. The Labute approximate surface area is 129 Å². The third-order valence-corrected chi connectivity index (χ3v) is 3.53. The summed E-state index contributed by atoms with van der Waals surface area (Å²) in [5, 5.41) is 10.8. The van der Waals surface area contributed by atoms with E-state index in [1.807, 2.05) is 12.1 Å². The monoisotopic (exact) mass is 303 g/mol. The van der Waals surface area contributed by atoms with Crippen LogP contribution in [0.1, 0.15) is 32.0 Å². The average molecular weight is 303 g/mol. The Kier molecular flexibility index (Phi) is 4.26. The Bertz CT molecular complexity index is 717. The second-order valence-corrected chi connectivity index (χ2v) is 6.21. The van der Waals surface area contributed by atoms with Crippen LogP contribution < -0.4 is 9.47 Å². The molecule has 0 radical (unpaired) electrons. The summed E-state index contributed by atoms with van der Waals surface area (Å²) in [6, 6.07) is 3.69. The molecule has 0 saturated heterocycles. The van der Waals surface area contributed by atoms with Crippen LogP contribution in [-0.4, -0.2) is 30.3 Å². The van der Waals surface area contributed by atoms with E-state index in [2.05, 4.69) is 25.8 Å². The highest BCUT2D eigenvalue weighted by Crippen LogP contribution is 2.37. The quantitative estimate of drug-likeness (QED) is 0.939.